The Balaban J connectivity index is 1.02. The molecule has 6 aromatic carbocycles. The van der Waals surface area contributed by atoms with Crippen LogP contribution in [0.5, 0.6) is 0 Å². The lowest BCUT2D eigenvalue weighted by Gasteiger charge is -2.27. The fourth-order valence-corrected chi connectivity index (χ4v) is 9.07. The molecule has 2 atom stereocenters. The van der Waals surface area contributed by atoms with Crippen molar-refractivity contribution in [2.75, 3.05) is 0 Å². The minimum atomic E-state index is -0.390. The van der Waals surface area contributed by atoms with E-state index >= 15 is 0 Å². The van der Waals surface area contributed by atoms with Gasteiger partial charge in [0, 0.05) is 53.0 Å². The van der Waals surface area contributed by atoms with Crippen molar-refractivity contribution in [1.29, 1.82) is 0 Å². The number of fused-ring (bicyclic) bond motifs is 9. The van der Waals surface area contributed by atoms with Gasteiger partial charge in [-0.05, 0) is 53.9 Å². The molecule has 2 aliphatic rings. The highest BCUT2D eigenvalue weighted by Gasteiger charge is 2.33. The largest absolute Gasteiger partial charge is 0.460 e. The highest BCUT2D eigenvalue weighted by Crippen LogP contribution is 2.44. The van der Waals surface area contributed by atoms with E-state index < -0.39 is 0 Å². The molecular formula is C45H29N3O2S. The maximum atomic E-state index is 6.73. The smallest absolute Gasteiger partial charge is 0.154 e. The maximum absolute atomic E-state index is 6.73. The number of thiophene rings is 1. The third-order valence-corrected chi connectivity index (χ3v) is 11.5. The molecular weight excluding hydrogens is 647 g/mol. The molecule has 0 saturated carbocycles. The SMILES string of the molecule is C1=Cc2c(oc3ccc(-c4cccc5c4sc4ccccc45)cc23)C(C2N=C(c3ccccc3)NC(c3ccc4c(c3)oc3ccccc34)=N2)C1. The van der Waals surface area contributed by atoms with Gasteiger partial charge in [0.05, 0.1) is 5.92 Å². The van der Waals surface area contributed by atoms with Crippen LogP contribution < -0.4 is 5.32 Å². The van der Waals surface area contributed by atoms with Crippen molar-refractivity contribution >= 4 is 82.2 Å². The quantitative estimate of drug-likeness (QED) is 0.202. The predicted molar refractivity (Wildman–Crippen MR) is 211 cm³/mol. The monoisotopic (exact) mass is 675 g/mol. The Morgan fingerprint density at radius 3 is 2.24 bits per heavy atom. The van der Waals surface area contributed by atoms with Crippen molar-refractivity contribution in [2.24, 2.45) is 9.98 Å². The first-order valence-electron chi connectivity index (χ1n) is 17.3. The fraction of sp³-hybridized carbons (Fsp3) is 0.0667. The normalized spacial score (nSPS) is 17.3. The second kappa shape index (κ2) is 11.1. The van der Waals surface area contributed by atoms with Crippen molar-refractivity contribution < 1.29 is 8.83 Å². The van der Waals surface area contributed by atoms with E-state index in [0.717, 1.165) is 73.5 Å². The minimum Gasteiger partial charge on any atom is -0.460 e. The molecule has 1 aliphatic carbocycles. The van der Waals surface area contributed by atoms with E-state index in [-0.39, 0.29) is 12.1 Å². The number of hydrogen-bond acceptors (Lipinski definition) is 6. The molecule has 0 radical (unpaired) electrons. The lowest BCUT2D eigenvalue weighted by Crippen LogP contribution is -2.39. The van der Waals surface area contributed by atoms with Crippen LogP contribution in [0.2, 0.25) is 0 Å². The van der Waals surface area contributed by atoms with Gasteiger partial charge in [-0.15, -0.1) is 11.3 Å². The van der Waals surface area contributed by atoms with Crippen LogP contribution in [0.25, 0.3) is 70.3 Å². The van der Waals surface area contributed by atoms with Gasteiger partial charge in [0.15, 0.2) is 6.17 Å². The van der Waals surface area contributed by atoms with E-state index in [0.29, 0.717) is 0 Å². The summed E-state index contributed by atoms with van der Waals surface area (Å²) >= 11 is 1.86. The van der Waals surface area contributed by atoms with E-state index in [9.17, 15) is 0 Å². The van der Waals surface area contributed by atoms with Crippen molar-refractivity contribution in [2.45, 2.75) is 18.5 Å². The number of allylic oxidation sites excluding steroid dienone is 1. The molecule has 0 spiro atoms. The predicted octanol–water partition coefficient (Wildman–Crippen LogP) is 11.7. The number of aliphatic imine (C=N–C) groups is 2. The van der Waals surface area contributed by atoms with Gasteiger partial charge < -0.3 is 14.2 Å². The highest BCUT2D eigenvalue weighted by molar-refractivity contribution is 7.26. The topological polar surface area (TPSA) is 63.0 Å². The van der Waals surface area contributed by atoms with Crippen molar-refractivity contribution in [3.05, 3.63) is 162 Å². The summed E-state index contributed by atoms with van der Waals surface area (Å²) in [6, 6.07) is 46.7. The zero-order valence-corrected chi connectivity index (χ0v) is 28.2. The van der Waals surface area contributed by atoms with Gasteiger partial charge in [0.1, 0.15) is 34.2 Å². The van der Waals surface area contributed by atoms with Crippen molar-refractivity contribution in [3.8, 4) is 11.1 Å². The van der Waals surface area contributed by atoms with E-state index in [2.05, 4.69) is 115 Å². The molecule has 0 fully saturated rings. The van der Waals surface area contributed by atoms with Gasteiger partial charge in [0.2, 0.25) is 0 Å². The first-order valence-corrected chi connectivity index (χ1v) is 18.1. The summed E-state index contributed by atoms with van der Waals surface area (Å²) in [6.45, 7) is 0. The summed E-state index contributed by atoms with van der Waals surface area (Å²) in [5.41, 5.74) is 8.09. The zero-order chi connectivity index (χ0) is 33.5. The first-order chi connectivity index (χ1) is 25.2. The molecule has 51 heavy (non-hydrogen) atoms. The molecule has 4 heterocycles. The van der Waals surface area contributed by atoms with E-state index in [1.165, 1.54) is 31.3 Å². The molecule has 5 nitrogen and oxygen atoms in total. The number of rotatable bonds is 4. The minimum absolute atomic E-state index is 0.0716. The summed E-state index contributed by atoms with van der Waals surface area (Å²) in [6.07, 6.45) is 4.84. The summed E-state index contributed by atoms with van der Waals surface area (Å²) in [4.78, 5) is 10.5. The van der Waals surface area contributed by atoms with Crippen LogP contribution in [0.15, 0.2) is 158 Å². The van der Waals surface area contributed by atoms with Gasteiger partial charge >= 0.3 is 0 Å². The number of furan rings is 2. The number of nitrogens with one attached hydrogen (secondary N) is 1. The molecule has 1 N–H and O–H groups in total. The van der Waals surface area contributed by atoms with Crippen LogP contribution in [-0.2, 0) is 0 Å². The van der Waals surface area contributed by atoms with Crippen LogP contribution in [0.1, 0.15) is 34.8 Å². The number of para-hydroxylation sites is 1. The standard InChI is InChI=1S/C45H29N3O2S/c1-2-10-26(11-3-1)43-46-44(28-20-22-31-30-12-4-6-18-37(30)49-39(31)25-28)48-45(47-43)35-17-9-15-33-36-24-27(21-23-38(36)50-41(33)35)29-14-8-16-34-32-13-5-7-19-40(32)51-42(29)34/h1-16,18-25,35,45H,17H2,(H,46,47,48). The lowest BCUT2D eigenvalue weighted by atomic mass is 9.89. The number of benzene rings is 6. The Morgan fingerprint density at radius 2 is 1.31 bits per heavy atom. The van der Waals surface area contributed by atoms with Crippen LogP contribution in [0.4, 0.5) is 0 Å². The second-order valence-corrected chi connectivity index (χ2v) is 14.3. The Labute approximate surface area is 296 Å². The average Bonchev–Trinajstić information content (AvgIpc) is 3.88. The maximum Gasteiger partial charge on any atom is 0.154 e. The molecule has 3 aromatic heterocycles. The van der Waals surface area contributed by atoms with Crippen LogP contribution in [-0.4, -0.2) is 17.8 Å². The van der Waals surface area contributed by atoms with Crippen LogP contribution >= 0.6 is 11.3 Å². The second-order valence-electron chi connectivity index (χ2n) is 13.3. The number of amidine groups is 2. The van der Waals surface area contributed by atoms with Gasteiger partial charge in [-0.1, -0.05) is 109 Å². The third-order valence-electron chi connectivity index (χ3n) is 10.3. The van der Waals surface area contributed by atoms with Crippen molar-refractivity contribution in [1.82, 2.24) is 5.32 Å². The Hall–Kier alpha value is -6.24. The highest BCUT2D eigenvalue weighted by atomic mass is 32.1. The third kappa shape index (κ3) is 4.53. The van der Waals surface area contributed by atoms with E-state index in [1.54, 1.807) is 0 Å². The molecule has 0 saturated heterocycles. The lowest BCUT2D eigenvalue weighted by molar-refractivity contribution is 0.437. The molecule has 1 aliphatic heterocycles. The Morgan fingerprint density at radius 1 is 0.569 bits per heavy atom. The summed E-state index contributed by atoms with van der Waals surface area (Å²) < 4.78 is 15.6. The molecule has 6 heteroatoms. The summed E-state index contributed by atoms with van der Waals surface area (Å²) in [5.74, 6) is 2.42. The molecule has 11 rings (SSSR count). The molecule has 242 valence electrons. The fourth-order valence-electron chi connectivity index (χ4n) is 7.83. The van der Waals surface area contributed by atoms with Gasteiger partial charge in [-0.2, -0.15) is 0 Å². The number of nitrogens with zero attached hydrogens (tertiary/aromatic N) is 2. The van der Waals surface area contributed by atoms with E-state index in [4.69, 9.17) is 18.8 Å². The first kappa shape index (κ1) is 28.6. The summed E-state index contributed by atoms with van der Waals surface area (Å²) in [5, 5.41) is 9.48. The molecule has 0 bridgehead atoms. The average molecular weight is 676 g/mol. The van der Waals surface area contributed by atoms with Gasteiger partial charge in [-0.3, -0.25) is 0 Å². The Kier molecular flexibility index (Phi) is 6.24. The van der Waals surface area contributed by atoms with Crippen LogP contribution in [0.3, 0.4) is 0 Å². The number of hydrogen-bond donors (Lipinski definition) is 1. The van der Waals surface area contributed by atoms with Gasteiger partial charge in [-0.25, -0.2) is 9.98 Å². The Bertz CT molecular complexity index is 2940. The molecule has 0 amide bonds. The van der Waals surface area contributed by atoms with E-state index in [1.807, 2.05) is 47.7 Å². The molecule has 9 aromatic rings. The van der Waals surface area contributed by atoms with Crippen LogP contribution in [0, 0.1) is 0 Å². The molecule has 2 unspecified atom stereocenters. The van der Waals surface area contributed by atoms with Gasteiger partial charge in [0.25, 0.3) is 0 Å². The van der Waals surface area contributed by atoms with Crippen molar-refractivity contribution in [3.63, 3.8) is 0 Å². The summed E-state index contributed by atoms with van der Waals surface area (Å²) in [7, 11) is 0. The zero-order valence-electron chi connectivity index (χ0n) is 27.3.